The summed E-state index contributed by atoms with van der Waals surface area (Å²) in [6.45, 7) is 3.55. The van der Waals surface area contributed by atoms with E-state index in [0.29, 0.717) is 16.3 Å². The molecule has 2 aromatic rings. The first-order valence-corrected chi connectivity index (χ1v) is 7.34. The van der Waals surface area contributed by atoms with Gasteiger partial charge in [-0.1, -0.05) is 17.7 Å². The molecule has 0 spiro atoms. The highest BCUT2D eigenvalue weighted by Crippen LogP contribution is 2.21. The molecular formula is C17H17ClN2O3. The number of ether oxygens (including phenoxy) is 1. The Morgan fingerprint density at radius 3 is 2.78 bits per heavy atom. The molecule has 6 heteroatoms. The fourth-order valence-corrected chi connectivity index (χ4v) is 2.11. The number of aromatic hydroxyl groups is 1. The molecule has 5 nitrogen and oxygen atoms in total. The maximum atomic E-state index is 11.7. The minimum absolute atomic E-state index is 0.107. The Hall–Kier alpha value is -2.53. The molecule has 2 rings (SSSR count). The van der Waals surface area contributed by atoms with Crippen molar-refractivity contribution in [3.8, 4) is 11.5 Å². The molecule has 0 aromatic heterocycles. The fraction of sp³-hybridized carbons (Fsp3) is 0.176. The van der Waals surface area contributed by atoms with E-state index in [4.69, 9.17) is 16.3 Å². The van der Waals surface area contributed by atoms with Gasteiger partial charge in [-0.05, 0) is 55.3 Å². The summed E-state index contributed by atoms with van der Waals surface area (Å²) in [5.74, 6) is 0.294. The third kappa shape index (κ3) is 5.00. The predicted octanol–water partition coefficient (Wildman–Crippen LogP) is 3.19. The molecule has 2 N–H and O–H groups in total. The zero-order valence-electron chi connectivity index (χ0n) is 12.8. The summed E-state index contributed by atoms with van der Waals surface area (Å²) in [6, 6.07) is 10.3. The Morgan fingerprint density at radius 1 is 1.30 bits per heavy atom. The van der Waals surface area contributed by atoms with Crippen molar-refractivity contribution in [2.24, 2.45) is 5.10 Å². The Bertz CT molecular complexity index is 745. The highest BCUT2D eigenvalue weighted by atomic mass is 35.5. The number of amides is 1. The lowest BCUT2D eigenvalue weighted by molar-refractivity contribution is -0.123. The number of hydrogen-bond acceptors (Lipinski definition) is 4. The predicted molar refractivity (Wildman–Crippen MR) is 90.3 cm³/mol. The van der Waals surface area contributed by atoms with Crippen LogP contribution in [0.1, 0.15) is 16.7 Å². The number of aryl methyl sites for hydroxylation is 2. The lowest BCUT2D eigenvalue weighted by Gasteiger charge is -2.08. The second kappa shape index (κ2) is 7.65. The van der Waals surface area contributed by atoms with Crippen LogP contribution in [0.25, 0.3) is 0 Å². The van der Waals surface area contributed by atoms with Crippen molar-refractivity contribution in [1.29, 1.82) is 0 Å². The first-order valence-electron chi connectivity index (χ1n) is 6.96. The van der Waals surface area contributed by atoms with Crippen LogP contribution < -0.4 is 10.2 Å². The van der Waals surface area contributed by atoms with Crippen LogP contribution in [-0.4, -0.2) is 23.8 Å². The van der Waals surface area contributed by atoms with Crippen LogP contribution in [0, 0.1) is 13.8 Å². The average Bonchev–Trinajstić information content (AvgIpc) is 2.48. The van der Waals surface area contributed by atoms with Crippen molar-refractivity contribution >= 4 is 23.7 Å². The number of benzene rings is 2. The highest BCUT2D eigenvalue weighted by molar-refractivity contribution is 6.30. The van der Waals surface area contributed by atoms with E-state index in [1.54, 1.807) is 30.3 Å². The Kier molecular flexibility index (Phi) is 5.60. The molecule has 0 fully saturated rings. The number of carbonyl (C=O) groups excluding carboxylic acids is 1. The number of hydrogen-bond donors (Lipinski definition) is 2. The van der Waals surface area contributed by atoms with Crippen LogP contribution >= 0.6 is 11.6 Å². The summed E-state index contributed by atoms with van der Waals surface area (Å²) in [7, 11) is 0. The summed E-state index contributed by atoms with van der Waals surface area (Å²) in [6.07, 6.45) is 1.38. The van der Waals surface area contributed by atoms with Crippen LogP contribution in [0.4, 0.5) is 0 Å². The molecule has 0 aliphatic rings. The number of phenols is 1. The summed E-state index contributed by atoms with van der Waals surface area (Å²) < 4.78 is 5.40. The topological polar surface area (TPSA) is 70.9 Å². The number of carbonyl (C=O) groups is 1. The van der Waals surface area contributed by atoms with Gasteiger partial charge in [-0.15, -0.1) is 0 Å². The smallest absolute Gasteiger partial charge is 0.277 e. The third-order valence-corrected chi connectivity index (χ3v) is 3.31. The molecular weight excluding hydrogens is 316 g/mol. The van der Waals surface area contributed by atoms with E-state index in [-0.39, 0.29) is 12.4 Å². The van der Waals surface area contributed by atoms with Crippen molar-refractivity contribution in [3.63, 3.8) is 0 Å². The minimum Gasteiger partial charge on any atom is -0.507 e. The van der Waals surface area contributed by atoms with Gasteiger partial charge in [0.25, 0.3) is 5.91 Å². The summed E-state index contributed by atoms with van der Waals surface area (Å²) in [5.41, 5.74) is 4.65. The summed E-state index contributed by atoms with van der Waals surface area (Å²) in [5, 5.41) is 14.1. The van der Waals surface area contributed by atoms with Crippen molar-refractivity contribution in [1.82, 2.24) is 5.43 Å². The van der Waals surface area contributed by atoms with Gasteiger partial charge in [-0.2, -0.15) is 5.10 Å². The van der Waals surface area contributed by atoms with Crippen molar-refractivity contribution in [2.45, 2.75) is 13.8 Å². The Morgan fingerprint density at radius 2 is 2.09 bits per heavy atom. The largest absolute Gasteiger partial charge is 0.507 e. The number of halogens is 1. The van der Waals surface area contributed by atoms with E-state index in [1.807, 2.05) is 19.9 Å². The van der Waals surface area contributed by atoms with Crippen LogP contribution in [0.3, 0.4) is 0 Å². The third-order valence-electron chi connectivity index (χ3n) is 3.07. The molecule has 120 valence electrons. The molecule has 0 heterocycles. The molecule has 1 amide bonds. The molecule has 0 radical (unpaired) electrons. The Labute approximate surface area is 139 Å². The molecule has 0 aliphatic carbocycles. The normalized spacial score (nSPS) is 10.7. The van der Waals surface area contributed by atoms with Gasteiger partial charge in [0.05, 0.1) is 6.21 Å². The number of hydrazone groups is 1. The molecule has 0 bridgehead atoms. The van der Waals surface area contributed by atoms with Gasteiger partial charge in [0.15, 0.2) is 6.61 Å². The van der Waals surface area contributed by atoms with E-state index in [1.165, 1.54) is 6.21 Å². The SMILES string of the molecule is Cc1ccc(C=NNC(=O)COc2ccc(Cl)cc2C)c(O)c1. The van der Waals surface area contributed by atoms with Gasteiger partial charge < -0.3 is 9.84 Å². The van der Waals surface area contributed by atoms with Crippen LogP contribution in [0.15, 0.2) is 41.5 Å². The lowest BCUT2D eigenvalue weighted by Crippen LogP contribution is -2.24. The van der Waals surface area contributed by atoms with E-state index in [0.717, 1.165) is 11.1 Å². The van der Waals surface area contributed by atoms with Gasteiger partial charge in [0.2, 0.25) is 0 Å². The molecule has 0 saturated carbocycles. The Balaban J connectivity index is 1.86. The second-order valence-corrected chi connectivity index (χ2v) is 5.49. The maximum Gasteiger partial charge on any atom is 0.277 e. The first-order chi connectivity index (χ1) is 11.0. The number of phenolic OH excluding ortho intramolecular Hbond substituents is 1. The van der Waals surface area contributed by atoms with Gasteiger partial charge in [-0.25, -0.2) is 5.43 Å². The molecule has 0 saturated heterocycles. The summed E-state index contributed by atoms with van der Waals surface area (Å²) in [4.78, 5) is 11.7. The van der Waals surface area contributed by atoms with Crippen molar-refractivity contribution in [3.05, 3.63) is 58.1 Å². The molecule has 2 aromatic carbocycles. The van der Waals surface area contributed by atoms with Gasteiger partial charge >= 0.3 is 0 Å². The van der Waals surface area contributed by atoms with Crippen molar-refractivity contribution < 1.29 is 14.6 Å². The monoisotopic (exact) mass is 332 g/mol. The maximum absolute atomic E-state index is 11.7. The molecule has 0 atom stereocenters. The van der Waals surface area contributed by atoms with E-state index in [9.17, 15) is 9.90 Å². The zero-order valence-corrected chi connectivity index (χ0v) is 13.6. The average molecular weight is 333 g/mol. The lowest BCUT2D eigenvalue weighted by atomic mass is 10.1. The van der Waals surface area contributed by atoms with Gasteiger partial charge in [0.1, 0.15) is 11.5 Å². The van der Waals surface area contributed by atoms with Crippen LogP contribution in [0.2, 0.25) is 5.02 Å². The second-order valence-electron chi connectivity index (χ2n) is 5.05. The quantitative estimate of drug-likeness (QED) is 0.652. The minimum atomic E-state index is -0.401. The summed E-state index contributed by atoms with van der Waals surface area (Å²) >= 11 is 5.85. The number of rotatable bonds is 5. The van der Waals surface area contributed by atoms with E-state index in [2.05, 4.69) is 10.5 Å². The fourth-order valence-electron chi connectivity index (χ4n) is 1.89. The van der Waals surface area contributed by atoms with Crippen LogP contribution in [-0.2, 0) is 4.79 Å². The number of nitrogens with zero attached hydrogens (tertiary/aromatic N) is 1. The number of nitrogens with one attached hydrogen (secondary N) is 1. The standard InChI is InChI=1S/C17H17ClN2O3/c1-11-3-4-13(15(21)7-11)9-19-20-17(22)10-23-16-6-5-14(18)8-12(16)2/h3-9,21H,10H2,1-2H3,(H,20,22). The molecule has 0 unspecified atom stereocenters. The molecule has 0 aliphatic heterocycles. The van der Waals surface area contributed by atoms with Crippen molar-refractivity contribution in [2.75, 3.05) is 6.61 Å². The highest BCUT2D eigenvalue weighted by Gasteiger charge is 2.05. The van der Waals surface area contributed by atoms with E-state index >= 15 is 0 Å². The first kappa shape index (κ1) is 16.8. The van der Waals surface area contributed by atoms with Crippen LogP contribution in [0.5, 0.6) is 11.5 Å². The van der Waals surface area contributed by atoms with Gasteiger partial charge in [0, 0.05) is 10.6 Å². The molecule has 23 heavy (non-hydrogen) atoms. The zero-order chi connectivity index (χ0) is 16.8. The van der Waals surface area contributed by atoms with Gasteiger partial charge in [-0.3, -0.25) is 4.79 Å². The van der Waals surface area contributed by atoms with E-state index < -0.39 is 5.91 Å².